The van der Waals surface area contributed by atoms with Gasteiger partial charge in [0.1, 0.15) is 6.61 Å². The monoisotopic (exact) mass is 358 g/mol. The summed E-state index contributed by atoms with van der Waals surface area (Å²) in [5.41, 5.74) is 0.941. The number of ether oxygens (including phenoxy) is 1. The molecule has 3 nitrogen and oxygen atoms in total. The molecule has 7 atom stereocenters. The van der Waals surface area contributed by atoms with Gasteiger partial charge in [0.2, 0.25) is 0 Å². The van der Waals surface area contributed by atoms with E-state index in [1.807, 2.05) is 0 Å². The first-order valence-corrected chi connectivity index (χ1v) is 11.0. The Morgan fingerprint density at radius 2 is 1.85 bits per heavy atom. The second kappa shape index (κ2) is 5.59. The molecule has 4 saturated carbocycles. The average molecular weight is 359 g/mol. The van der Waals surface area contributed by atoms with Gasteiger partial charge in [-0.3, -0.25) is 0 Å². The van der Waals surface area contributed by atoms with Gasteiger partial charge in [-0.2, -0.15) is 0 Å². The van der Waals surface area contributed by atoms with Crippen molar-refractivity contribution >= 4 is 5.97 Å². The summed E-state index contributed by atoms with van der Waals surface area (Å²) >= 11 is 0. The van der Waals surface area contributed by atoms with Crippen molar-refractivity contribution in [3.8, 4) is 0 Å². The molecule has 1 aliphatic heterocycles. The summed E-state index contributed by atoms with van der Waals surface area (Å²) in [6.07, 6.45) is 14.1. The predicted molar refractivity (Wildman–Crippen MR) is 100 cm³/mol. The molecule has 0 spiro atoms. The third kappa shape index (κ3) is 2.07. The van der Waals surface area contributed by atoms with E-state index in [9.17, 15) is 9.90 Å². The lowest BCUT2D eigenvalue weighted by Gasteiger charge is -2.63. The molecule has 0 bridgehead atoms. The van der Waals surface area contributed by atoms with E-state index in [1.54, 1.807) is 6.08 Å². The molecular formula is C23H34O3. The molecule has 3 heteroatoms. The first kappa shape index (κ1) is 17.3. The van der Waals surface area contributed by atoms with E-state index >= 15 is 0 Å². The third-order valence-electron chi connectivity index (χ3n) is 9.90. The van der Waals surface area contributed by atoms with Gasteiger partial charge in [0.25, 0.3) is 0 Å². The molecule has 0 saturated heterocycles. The highest BCUT2D eigenvalue weighted by atomic mass is 16.5. The standard InChI is InChI=1S/C23H34O3/c1-21-10-4-3-5-16(21)6-7-19-18(21)8-11-22(2)17(9-12-23(19,22)25)15-13-20(24)26-14-15/h13,16-19,25H,3-12,14H2,1-2H3/t16-,17-,18+,19-,21+,22-,23-/m1/s1. The van der Waals surface area contributed by atoms with Crippen LogP contribution in [0.15, 0.2) is 11.6 Å². The van der Waals surface area contributed by atoms with Gasteiger partial charge >= 0.3 is 5.97 Å². The maximum atomic E-state index is 12.1. The largest absolute Gasteiger partial charge is 0.458 e. The Morgan fingerprint density at radius 3 is 2.62 bits per heavy atom. The SMILES string of the molecule is C[C@]12CCCC[C@@H]1CC[C@@H]1[C@@H]2CC[C@]2(C)[C@@H](C3=CC(=O)OC3)CC[C@@]12O. The maximum Gasteiger partial charge on any atom is 0.331 e. The van der Waals surface area contributed by atoms with Gasteiger partial charge in [0.05, 0.1) is 5.60 Å². The van der Waals surface area contributed by atoms with Crippen LogP contribution in [0.4, 0.5) is 0 Å². The molecule has 0 aromatic carbocycles. The van der Waals surface area contributed by atoms with Crippen molar-refractivity contribution in [1.82, 2.24) is 0 Å². The minimum atomic E-state index is -0.557. The zero-order chi connectivity index (χ0) is 18.2. The first-order chi connectivity index (χ1) is 12.4. The van der Waals surface area contributed by atoms with Crippen LogP contribution in [0, 0.1) is 34.5 Å². The van der Waals surface area contributed by atoms with Crippen molar-refractivity contribution in [3.05, 3.63) is 11.6 Å². The summed E-state index contributed by atoms with van der Waals surface area (Å²) in [6, 6.07) is 0. The summed E-state index contributed by atoms with van der Waals surface area (Å²) in [5, 5.41) is 12.1. The lowest BCUT2D eigenvalue weighted by molar-refractivity contribution is -0.203. The Balaban J connectivity index is 1.48. The molecular weight excluding hydrogens is 324 g/mol. The molecule has 0 radical (unpaired) electrons. The molecule has 1 heterocycles. The molecule has 4 aliphatic carbocycles. The second-order valence-electron chi connectivity index (χ2n) is 10.5. The Hall–Kier alpha value is -0.830. The summed E-state index contributed by atoms with van der Waals surface area (Å²) in [4.78, 5) is 11.6. The number of carbonyl (C=O) groups is 1. The fourth-order valence-electron chi connectivity index (χ4n) is 8.45. The van der Waals surface area contributed by atoms with E-state index in [0.717, 1.165) is 30.8 Å². The number of rotatable bonds is 1. The van der Waals surface area contributed by atoms with Gasteiger partial charge in [0.15, 0.2) is 0 Å². The molecule has 0 aromatic heterocycles. The molecule has 0 unspecified atom stereocenters. The maximum absolute atomic E-state index is 12.1. The van der Waals surface area contributed by atoms with Crippen molar-refractivity contribution < 1.29 is 14.6 Å². The summed E-state index contributed by atoms with van der Waals surface area (Å²) in [5.74, 6) is 2.14. The highest BCUT2D eigenvalue weighted by Gasteiger charge is 2.67. The molecule has 26 heavy (non-hydrogen) atoms. The van der Waals surface area contributed by atoms with Crippen molar-refractivity contribution in [2.24, 2.45) is 34.5 Å². The van der Waals surface area contributed by atoms with Crippen molar-refractivity contribution in [1.29, 1.82) is 0 Å². The summed E-state index contributed by atoms with van der Waals surface area (Å²) in [7, 11) is 0. The molecule has 5 rings (SSSR count). The smallest absolute Gasteiger partial charge is 0.331 e. The van der Waals surface area contributed by atoms with Crippen LogP contribution >= 0.6 is 0 Å². The Morgan fingerprint density at radius 1 is 1.00 bits per heavy atom. The van der Waals surface area contributed by atoms with Crippen LogP contribution in [0.3, 0.4) is 0 Å². The Labute approximate surface area is 157 Å². The predicted octanol–water partition coefficient (Wildman–Crippen LogP) is 4.63. The van der Waals surface area contributed by atoms with Gasteiger partial charge in [-0.1, -0.05) is 26.7 Å². The van der Waals surface area contributed by atoms with Crippen LogP contribution in [0.1, 0.15) is 78.1 Å². The van der Waals surface area contributed by atoms with Gasteiger partial charge in [-0.15, -0.1) is 0 Å². The lowest BCUT2D eigenvalue weighted by Crippen LogP contribution is -2.61. The average Bonchev–Trinajstić information content (AvgIpc) is 3.15. The fourth-order valence-corrected chi connectivity index (χ4v) is 8.45. The molecule has 5 aliphatic rings. The van der Waals surface area contributed by atoms with Gasteiger partial charge < -0.3 is 9.84 Å². The number of aliphatic hydroxyl groups is 1. The van der Waals surface area contributed by atoms with Gasteiger partial charge in [-0.05, 0) is 86.0 Å². The number of esters is 1. The van der Waals surface area contributed by atoms with Crippen LogP contribution in [0.5, 0.6) is 0 Å². The van der Waals surface area contributed by atoms with Crippen LogP contribution in [-0.2, 0) is 9.53 Å². The van der Waals surface area contributed by atoms with Gasteiger partial charge in [0, 0.05) is 11.5 Å². The molecule has 144 valence electrons. The van der Waals surface area contributed by atoms with E-state index in [2.05, 4.69) is 13.8 Å². The highest BCUT2D eigenvalue weighted by molar-refractivity contribution is 5.85. The Kier molecular flexibility index (Phi) is 3.72. The van der Waals surface area contributed by atoms with Crippen LogP contribution in [0.25, 0.3) is 0 Å². The third-order valence-corrected chi connectivity index (χ3v) is 9.90. The normalized spacial score (nSPS) is 53.3. The molecule has 1 N–H and O–H groups in total. The van der Waals surface area contributed by atoms with Crippen LogP contribution in [0.2, 0.25) is 0 Å². The first-order valence-electron chi connectivity index (χ1n) is 11.0. The molecule has 0 amide bonds. The zero-order valence-electron chi connectivity index (χ0n) is 16.4. The number of cyclic esters (lactones) is 1. The van der Waals surface area contributed by atoms with E-state index in [-0.39, 0.29) is 11.4 Å². The Bertz CT molecular complexity index is 654. The minimum absolute atomic E-state index is 0.0914. The van der Waals surface area contributed by atoms with E-state index in [4.69, 9.17) is 4.74 Å². The van der Waals surface area contributed by atoms with Crippen LogP contribution in [-0.4, -0.2) is 23.3 Å². The number of carbonyl (C=O) groups excluding carboxylic acids is 1. The quantitative estimate of drug-likeness (QED) is 0.695. The zero-order valence-corrected chi connectivity index (χ0v) is 16.4. The topological polar surface area (TPSA) is 46.5 Å². The van der Waals surface area contributed by atoms with Crippen LogP contribution < -0.4 is 0 Å². The van der Waals surface area contributed by atoms with Crippen molar-refractivity contribution in [3.63, 3.8) is 0 Å². The van der Waals surface area contributed by atoms with Crippen molar-refractivity contribution in [2.75, 3.05) is 6.61 Å². The fraction of sp³-hybridized carbons (Fsp3) is 0.870. The van der Waals surface area contributed by atoms with Crippen molar-refractivity contribution in [2.45, 2.75) is 83.7 Å². The number of hydrogen-bond donors (Lipinski definition) is 1. The number of fused-ring (bicyclic) bond motifs is 5. The number of hydrogen-bond acceptors (Lipinski definition) is 3. The molecule has 4 fully saturated rings. The lowest BCUT2D eigenvalue weighted by atomic mass is 9.43. The van der Waals surface area contributed by atoms with E-state index in [0.29, 0.717) is 29.8 Å². The van der Waals surface area contributed by atoms with Gasteiger partial charge in [-0.25, -0.2) is 4.79 Å². The van der Waals surface area contributed by atoms with E-state index < -0.39 is 5.60 Å². The second-order valence-corrected chi connectivity index (χ2v) is 10.5. The summed E-state index contributed by atoms with van der Waals surface area (Å²) < 4.78 is 5.22. The molecule has 0 aromatic rings. The minimum Gasteiger partial charge on any atom is -0.458 e. The summed E-state index contributed by atoms with van der Waals surface area (Å²) in [6.45, 7) is 5.32. The highest BCUT2D eigenvalue weighted by Crippen LogP contribution is 2.69. The van der Waals surface area contributed by atoms with E-state index in [1.165, 1.54) is 44.9 Å².